The van der Waals surface area contributed by atoms with Gasteiger partial charge in [0.15, 0.2) is 6.61 Å². The molecule has 0 bridgehead atoms. The largest absolute Gasteiger partial charge is 0.495 e. The Morgan fingerprint density at radius 3 is 2.24 bits per heavy atom. The fourth-order valence-corrected chi connectivity index (χ4v) is 5.12. The van der Waals surface area contributed by atoms with E-state index >= 15 is 0 Å². The molecule has 0 unspecified atom stereocenters. The molecule has 4 rings (SSSR count). The maximum absolute atomic E-state index is 13.5. The second-order valence-electron chi connectivity index (χ2n) is 9.95. The zero-order valence-corrected chi connectivity index (χ0v) is 25.3. The first-order chi connectivity index (χ1) is 20.4. The Bertz CT molecular complexity index is 1320. The van der Waals surface area contributed by atoms with Crippen LogP contribution in [0.4, 0.5) is 17.1 Å². The second-order valence-corrected chi connectivity index (χ2v) is 10.4. The van der Waals surface area contributed by atoms with Crippen molar-refractivity contribution in [3.05, 3.63) is 77.3 Å². The molecule has 0 atom stereocenters. The monoisotopic (exact) mass is 593 g/mol. The number of nitrogens with zero attached hydrogens (tertiary/aromatic N) is 3. The summed E-state index contributed by atoms with van der Waals surface area (Å²) in [5, 5.41) is 6.53. The summed E-state index contributed by atoms with van der Waals surface area (Å²) in [6.07, 6.45) is 0. The fourth-order valence-electron chi connectivity index (χ4n) is 4.99. The van der Waals surface area contributed by atoms with E-state index in [9.17, 15) is 9.59 Å². The van der Waals surface area contributed by atoms with Crippen molar-refractivity contribution in [1.82, 2.24) is 10.2 Å². The van der Waals surface area contributed by atoms with Gasteiger partial charge in [-0.3, -0.25) is 9.59 Å². The molecule has 0 aromatic heterocycles. The number of benzene rings is 3. The molecule has 3 aromatic carbocycles. The van der Waals surface area contributed by atoms with E-state index in [0.29, 0.717) is 28.6 Å². The number of hydrogen-bond donors (Lipinski definition) is 2. The molecule has 1 saturated heterocycles. The highest BCUT2D eigenvalue weighted by Crippen LogP contribution is 2.31. The predicted octanol–water partition coefficient (Wildman–Crippen LogP) is 4.76. The Hall–Kier alpha value is -3.95. The topological polar surface area (TPSA) is 86.4 Å². The molecule has 0 radical (unpaired) electrons. The van der Waals surface area contributed by atoms with Gasteiger partial charge in [0.1, 0.15) is 11.5 Å². The SMILES string of the molecule is CCN(CC)CCNC(=O)c1cc(NC(=O)COc2ccc(Cl)cc2)ccc1N1CCN(c2ccccc2OC)CC1. The van der Waals surface area contributed by atoms with Gasteiger partial charge in [0.2, 0.25) is 0 Å². The number of piperazine rings is 1. The van der Waals surface area contributed by atoms with Gasteiger partial charge in [-0.15, -0.1) is 0 Å². The van der Waals surface area contributed by atoms with Crippen LogP contribution in [0.25, 0.3) is 0 Å². The smallest absolute Gasteiger partial charge is 0.262 e. The van der Waals surface area contributed by atoms with Crippen LogP contribution < -0.4 is 29.9 Å². The van der Waals surface area contributed by atoms with Crippen molar-refractivity contribution < 1.29 is 19.1 Å². The zero-order chi connectivity index (χ0) is 29.9. The Morgan fingerprint density at radius 1 is 0.905 bits per heavy atom. The highest BCUT2D eigenvalue weighted by molar-refractivity contribution is 6.30. The van der Waals surface area contributed by atoms with Crippen LogP contribution in [-0.2, 0) is 4.79 Å². The zero-order valence-electron chi connectivity index (χ0n) is 24.6. The van der Waals surface area contributed by atoms with Crippen molar-refractivity contribution in [2.75, 3.05) is 81.2 Å². The molecule has 1 aliphatic heterocycles. The van der Waals surface area contributed by atoms with Gasteiger partial charge in [-0.25, -0.2) is 0 Å². The van der Waals surface area contributed by atoms with Gasteiger partial charge < -0.3 is 34.8 Å². The lowest BCUT2D eigenvalue weighted by Gasteiger charge is -2.38. The van der Waals surface area contributed by atoms with Crippen molar-refractivity contribution in [2.24, 2.45) is 0 Å². The first-order valence-corrected chi connectivity index (χ1v) is 14.7. The Balaban J connectivity index is 1.46. The third kappa shape index (κ3) is 8.30. The molecule has 0 aliphatic carbocycles. The third-order valence-electron chi connectivity index (χ3n) is 7.36. The summed E-state index contributed by atoms with van der Waals surface area (Å²) in [4.78, 5) is 32.9. The van der Waals surface area contributed by atoms with Crippen LogP contribution in [0.1, 0.15) is 24.2 Å². The number of nitrogens with one attached hydrogen (secondary N) is 2. The number of anilines is 3. The quantitative estimate of drug-likeness (QED) is 0.295. The van der Waals surface area contributed by atoms with Gasteiger partial charge in [0, 0.05) is 55.7 Å². The summed E-state index contributed by atoms with van der Waals surface area (Å²) in [6, 6.07) is 20.3. The lowest BCUT2D eigenvalue weighted by Crippen LogP contribution is -2.47. The summed E-state index contributed by atoms with van der Waals surface area (Å²) < 4.78 is 11.1. The average Bonchev–Trinajstić information content (AvgIpc) is 3.03. The van der Waals surface area contributed by atoms with Crippen molar-refractivity contribution in [3.63, 3.8) is 0 Å². The summed E-state index contributed by atoms with van der Waals surface area (Å²) in [7, 11) is 1.68. The maximum Gasteiger partial charge on any atom is 0.262 e. The average molecular weight is 594 g/mol. The van der Waals surface area contributed by atoms with E-state index in [4.69, 9.17) is 21.1 Å². The third-order valence-corrected chi connectivity index (χ3v) is 7.61. The molecule has 3 aromatic rings. The number of carbonyl (C=O) groups excluding carboxylic acids is 2. The van der Waals surface area contributed by atoms with Gasteiger partial charge in [-0.05, 0) is 67.7 Å². The van der Waals surface area contributed by atoms with Crippen LogP contribution in [0.15, 0.2) is 66.7 Å². The van der Waals surface area contributed by atoms with E-state index in [2.05, 4.69) is 45.2 Å². The highest BCUT2D eigenvalue weighted by Gasteiger charge is 2.24. The highest BCUT2D eigenvalue weighted by atomic mass is 35.5. The molecule has 1 aliphatic rings. The second kappa shape index (κ2) is 15.3. The molecule has 1 fully saturated rings. The van der Waals surface area contributed by atoms with Crippen LogP contribution in [0.5, 0.6) is 11.5 Å². The summed E-state index contributed by atoms with van der Waals surface area (Å²) in [6.45, 7) is 10.2. The van der Waals surface area contributed by atoms with E-state index in [1.54, 1.807) is 37.4 Å². The van der Waals surface area contributed by atoms with Crippen LogP contribution in [0, 0.1) is 0 Å². The lowest BCUT2D eigenvalue weighted by atomic mass is 10.1. The molecule has 1 heterocycles. The minimum absolute atomic E-state index is 0.167. The van der Waals surface area contributed by atoms with Crippen molar-refractivity contribution in [2.45, 2.75) is 13.8 Å². The Morgan fingerprint density at radius 2 is 1.57 bits per heavy atom. The molecule has 2 amide bonds. The molecule has 0 spiro atoms. The molecule has 9 nitrogen and oxygen atoms in total. The Labute approximate surface area is 253 Å². The fraction of sp³-hybridized carbons (Fsp3) is 0.375. The number of ether oxygens (including phenoxy) is 2. The summed E-state index contributed by atoms with van der Waals surface area (Å²) in [5.41, 5.74) is 2.96. The van der Waals surface area contributed by atoms with Gasteiger partial charge in [-0.2, -0.15) is 0 Å². The molecule has 2 N–H and O–H groups in total. The number of carbonyl (C=O) groups is 2. The molecule has 42 heavy (non-hydrogen) atoms. The predicted molar refractivity (Wildman–Crippen MR) is 170 cm³/mol. The van der Waals surface area contributed by atoms with E-state index in [0.717, 1.165) is 62.9 Å². The lowest BCUT2D eigenvalue weighted by molar-refractivity contribution is -0.118. The summed E-state index contributed by atoms with van der Waals surface area (Å²) >= 11 is 5.92. The van der Waals surface area contributed by atoms with Crippen LogP contribution in [-0.4, -0.2) is 82.8 Å². The molecular weight excluding hydrogens is 554 g/mol. The van der Waals surface area contributed by atoms with E-state index in [1.165, 1.54) is 0 Å². The number of hydrogen-bond acceptors (Lipinski definition) is 7. The number of likely N-dealkylation sites (N-methyl/N-ethyl adjacent to an activating group) is 1. The first-order valence-electron chi connectivity index (χ1n) is 14.4. The number of rotatable bonds is 13. The molecule has 224 valence electrons. The van der Waals surface area contributed by atoms with E-state index in [-0.39, 0.29) is 18.4 Å². The number of halogens is 1. The molecule has 10 heteroatoms. The van der Waals surface area contributed by atoms with Crippen molar-refractivity contribution in [1.29, 1.82) is 0 Å². The van der Waals surface area contributed by atoms with Crippen LogP contribution >= 0.6 is 11.6 Å². The molecular formula is C32H40ClN5O4. The maximum atomic E-state index is 13.5. The van der Waals surface area contributed by atoms with Gasteiger partial charge >= 0.3 is 0 Å². The minimum atomic E-state index is -0.323. The van der Waals surface area contributed by atoms with E-state index in [1.807, 2.05) is 30.3 Å². The van der Waals surface area contributed by atoms with Gasteiger partial charge in [-0.1, -0.05) is 37.6 Å². The van der Waals surface area contributed by atoms with Gasteiger partial charge in [0.25, 0.3) is 11.8 Å². The molecule has 0 saturated carbocycles. The number of para-hydroxylation sites is 2. The Kier molecular flexibility index (Phi) is 11.3. The van der Waals surface area contributed by atoms with Crippen LogP contribution in [0.2, 0.25) is 5.02 Å². The van der Waals surface area contributed by atoms with Crippen LogP contribution in [0.3, 0.4) is 0 Å². The number of methoxy groups -OCH3 is 1. The standard InChI is InChI=1S/C32H40ClN5O4/c1-4-36(5-2)17-16-34-32(40)27-22-25(35-31(39)23-42-26-13-10-24(33)11-14-26)12-15-28(27)37-18-20-38(21-19-37)29-8-6-7-9-30(29)41-3/h6-15,22H,4-5,16-21,23H2,1-3H3,(H,34,40)(H,35,39). The number of amides is 2. The minimum Gasteiger partial charge on any atom is -0.495 e. The first kappa shape index (κ1) is 31.0. The van der Waals surface area contributed by atoms with Crippen molar-refractivity contribution >= 4 is 40.5 Å². The summed E-state index contributed by atoms with van der Waals surface area (Å²) in [5.74, 6) is 0.902. The van der Waals surface area contributed by atoms with Gasteiger partial charge in [0.05, 0.1) is 18.4 Å². The van der Waals surface area contributed by atoms with E-state index < -0.39 is 0 Å². The van der Waals surface area contributed by atoms with Crippen molar-refractivity contribution in [3.8, 4) is 11.5 Å². The normalized spacial score (nSPS) is 13.2.